The molecule has 1 unspecified atom stereocenters. The molecule has 0 aromatic heterocycles. The number of rotatable bonds is 2. The fourth-order valence-electron chi connectivity index (χ4n) is 0.879. The maximum absolute atomic E-state index is 10.7. The second-order valence-electron chi connectivity index (χ2n) is 2.18. The molecular weight excluding hydrogens is 128 g/mol. The first-order valence-electron chi connectivity index (χ1n) is 3.17. The predicted octanol–water partition coefficient (Wildman–Crippen LogP) is 0.887. The lowest BCUT2D eigenvalue weighted by Gasteiger charge is -2.05. The molecule has 0 bridgehead atoms. The Kier molecular flexibility index (Phi) is 2.15. The van der Waals surface area contributed by atoms with Crippen LogP contribution >= 0.6 is 0 Å². The molecule has 0 saturated carbocycles. The van der Waals surface area contributed by atoms with Crippen LogP contribution in [0.5, 0.6) is 0 Å². The van der Waals surface area contributed by atoms with Crippen molar-refractivity contribution in [3.8, 4) is 0 Å². The summed E-state index contributed by atoms with van der Waals surface area (Å²) in [6.45, 7) is 0. The van der Waals surface area contributed by atoms with Gasteiger partial charge in [-0.3, -0.25) is 9.59 Å². The van der Waals surface area contributed by atoms with Gasteiger partial charge in [0.05, 0.1) is 0 Å². The summed E-state index contributed by atoms with van der Waals surface area (Å²) in [6, 6.07) is 0. The molecule has 0 aliphatic heterocycles. The lowest BCUT2D eigenvalue weighted by Crippen LogP contribution is -2.13. The molecule has 0 heterocycles. The van der Waals surface area contributed by atoms with Gasteiger partial charge in [-0.2, -0.15) is 0 Å². The van der Waals surface area contributed by atoms with Gasteiger partial charge >= 0.3 is 0 Å². The highest BCUT2D eigenvalue weighted by atomic mass is 16.2. The summed E-state index contributed by atoms with van der Waals surface area (Å²) in [5, 5.41) is 0. The van der Waals surface area contributed by atoms with E-state index in [1.54, 1.807) is 12.2 Å². The van der Waals surface area contributed by atoms with Crippen molar-refractivity contribution in [1.82, 2.24) is 0 Å². The summed E-state index contributed by atoms with van der Waals surface area (Å²) in [5.74, 6) is -0.539. The highest BCUT2D eigenvalue weighted by Crippen LogP contribution is 2.10. The van der Waals surface area contributed by atoms with E-state index in [2.05, 4.69) is 0 Å². The van der Waals surface area contributed by atoms with Crippen LogP contribution in [-0.4, -0.2) is 12.1 Å². The van der Waals surface area contributed by atoms with Gasteiger partial charge in [0, 0.05) is 5.92 Å². The Morgan fingerprint density at radius 1 is 1.50 bits per heavy atom. The van der Waals surface area contributed by atoms with Crippen LogP contribution in [0.3, 0.4) is 0 Å². The molecule has 0 fully saturated rings. The van der Waals surface area contributed by atoms with Crippen LogP contribution in [0, 0.1) is 5.92 Å². The first kappa shape index (κ1) is 6.93. The maximum Gasteiger partial charge on any atom is 0.202 e. The largest absolute Gasteiger partial charge is 0.295 e. The van der Waals surface area contributed by atoms with Crippen molar-refractivity contribution in [3.05, 3.63) is 24.3 Å². The molecule has 0 radical (unpaired) electrons. The van der Waals surface area contributed by atoms with Crippen molar-refractivity contribution in [2.24, 2.45) is 5.92 Å². The van der Waals surface area contributed by atoms with Gasteiger partial charge in [-0.1, -0.05) is 24.3 Å². The van der Waals surface area contributed by atoms with Crippen LogP contribution < -0.4 is 0 Å². The number of aldehydes is 1. The van der Waals surface area contributed by atoms with Gasteiger partial charge in [0.25, 0.3) is 0 Å². The monoisotopic (exact) mass is 136 g/mol. The predicted molar refractivity (Wildman–Crippen MR) is 37.5 cm³/mol. The van der Waals surface area contributed by atoms with Crippen molar-refractivity contribution in [2.75, 3.05) is 0 Å². The highest BCUT2D eigenvalue weighted by molar-refractivity contribution is 6.26. The van der Waals surface area contributed by atoms with Gasteiger partial charge in [-0.05, 0) is 6.42 Å². The average molecular weight is 136 g/mol. The fourth-order valence-corrected chi connectivity index (χ4v) is 0.879. The molecule has 0 saturated heterocycles. The van der Waals surface area contributed by atoms with Crippen LogP contribution in [0.1, 0.15) is 6.42 Å². The molecule has 10 heavy (non-hydrogen) atoms. The third-order valence-corrected chi connectivity index (χ3v) is 1.46. The molecular formula is C8H8O2. The van der Waals surface area contributed by atoms with Crippen LogP contribution in [0.2, 0.25) is 0 Å². The Bertz CT molecular complexity index is 201. The van der Waals surface area contributed by atoms with E-state index in [4.69, 9.17) is 0 Å². The van der Waals surface area contributed by atoms with Gasteiger partial charge in [0.2, 0.25) is 5.78 Å². The summed E-state index contributed by atoms with van der Waals surface area (Å²) >= 11 is 0. The first-order valence-corrected chi connectivity index (χ1v) is 3.17. The van der Waals surface area contributed by atoms with Gasteiger partial charge in [0.15, 0.2) is 6.29 Å². The fraction of sp³-hybridized carbons (Fsp3) is 0.250. The maximum atomic E-state index is 10.7. The Hall–Kier alpha value is -1.18. The number of ketones is 1. The molecule has 0 aromatic rings. The third-order valence-electron chi connectivity index (χ3n) is 1.46. The van der Waals surface area contributed by atoms with E-state index >= 15 is 0 Å². The summed E-state index contributed by atoms with van der Waals surface area (Å²) in [6.07, 6.45) is 8.33. The van der Waals surface area contributed by atoms with E-state index in [0.29, 0.717) is 12.7 Å². The number of carbonyl (C=O) groups excluding carboxylic acids is 2. The van der Waals surface area contributed by atoms with Gasteiger partial charge in [-0.15, -0.1) is 0 Å². The standard InChI is InChI=1S/C8H8O2/c9-6-8(10)7-4-2-1-3-5-7/h1-4,6-7H,5H2. The minimum Gasteiger partial charge on any atom is -0.295 e. The van der Waals surface area contributed by atoms with Crippen LogP contribution in [0.15, 0.2) is 24.3 Å². The summed E-state index contributed by atoms with van der Waals surface area (Å²) < 4.78 is 0. The van der Waals surface area contributed by atoms with Gasteiger partial charge < -0.3 is 0 Å². The third kappa shape index (κ3) is 1.41. The molecule has 0 N–H and O–H groups in total. The second kappa shape index (κ2) is 3.11. The first-order chi connectivity index (χ1) is 4.84. The molecule has 0 amide bonds. The van der Waals surface area contributed by atoms with Crippen LogP contribution in [0.4, 0.5) is 0 Å². The molecule has 1 rings (SSSR count). The smallest absolute Gasteiger partial charge is 0.202 e. The van der Waals surface area contributed by atoms with Crippen molar-refractivity contribution in [1.29, 1.82) is 0 Å². The number of Topliss-reactive ketones (excluding diaryl/α,β-unsaturated/α-hetero) is 1. The minimum absolute atomic E-state index is 0.206. The Morgan fingerprint density at radius 3 is 2.80 bits per heavy atom. The molecule has 0 aromatic carbocycles. The second-order valence-corrected chi connectivity index (χ2v) is 2.18. The number of allylic oxidation sites excluding steroid dienone is 4. The molecule has 2 heteroatoms. The topological polar surface area (TPSA) is 34.1 Å². The SMILES string of the molecule is O=CC(=O)C1C=CC=CC1. The average Bonchev–Trinajstić information content (AvgIpc) is 2.05. The quantitative estimate of drug-likeness (QED) is 0.417. The summed E-state index contributed by atoms with van der Waals surface area (Å²) in [7, 11) is 0. The molecule has 2 nitrogen and oxygen atoms in total. The number of hydrogen-bond donors (Lipinski definition) is 0. The lowest BCUT2D eigenvalue weighted by atomic mass is 9.97. The zero-order chi connectivity index (χ0) is 7.40. The number of hydrogen-bond acceptors (Lipinski definition) is 2. The molecule has 1 aliphatic carbocycles. The Morgan fingerprint density at radius 2 is 2.30 bits per heavy atom. The normalized spacial score (nSPS) is 22.6. The van der Waals surface area contributed by atoms with E-state index in [1.807, 2.05) is 12.2 Å². The van der Waals surface area contributed by atoms with E-state index in [1.165, 1.54) is 0 Å². The molecule has 0 spiro atoms. The van der Waals surface area contributed by atoms with Crippen molar-refractivity contribution >= 4 is 12.1 Å². The summed E-state index contributed by atoms with van der Waals surface area (Å²) in [4.78, 5) is 20.7. The zero-order valence-corrected chi connectivity index (χ0v) is 5.49. The van der Waals surface area contributed by atoms with Crippen LogP contribution in [-0.2, 0) is 9.59 Å². The van der Waals surface area contributed by atoms with Gasteiger partial charge in [0.1, 0.15) is 0 Å². The Balaban J connectivity index is 2.59. The van der Waals surface area contributed by atoms with Crippen molar-refractivity contribution in [3.63, 3.8) is 0 Å². The Labute approximate surface area is 59.2 Å². The highest BCUT2D eigenvalue weighted by Gasteiger charge is 2.13. The van der Waals surface area contributed by atoms with E-state index in [0.717, 1.165) is 0 Å². The molecule has 1 aliphatic rings. The van der Waals surface area contributed by atoms with E-state index in [9.17, 15) is 9.59 Å². The molecule has 1 atom stereocenters. The van der Waals surface area contributed by atoms with Gasteiger partial charge in [-0.25, -0.2) is 0 Å². The van der Waals surface area contributed by atoms with Crippen molar-refractivity contribution in [2.45, 2.75) is 6.42 Å². The lowest BCUT2D eigenvalue weighted by molar-refractivity contribution is -0.131. The molecule has 52 valence electrons. The van der Waals surface area contributed by atoms with E-state index in [-0.39, 0.29) is 11.7 Å². The number of carbonyl (C=O) groups is 2. The summed E-state index contributed by atoms with van der Waals surface area (Å²) in [5.41, 5.74) is 0. The zero-order valence-electron chi connectivity index (χ0n) is 5.49. The van der Waals surface area contributed by atoms with Crippen LogP contribution in [0.25, 0.3) is 0 Å². The van der Waals surface area contributed by atoms with Crippen molar-refractivity contribution < 1.29 is 9.59 Å². The van der Waals surface area contributed by atoms with E-state index < -0.39 is 0 Å². The minimum atomic E-state index is -0.333.